The molecular weight excluding hydrogens is 533 g/mol. The molecule has 0 aliphatic rings. The van der Waals surface area contributed by atoms with E-state index in [1.54, 1.807) is 42.5 Å². The van der Waals surface area contributed by atoms with Crippen molar-refractivity contribution in [2.45, 2.75) is 33.4 Å². The van der Waals surface area contributed by atoms with Gasteiger partial charge < -0.3 is 14.6 Å². The fraction of sp³-hybridized carbons (Fsp3) is 0.185. The van der Waals surface area contributed by atoms with Gasteiger partial charge in [0.15, 0.2) is 11.6 Å². The van der Waals surface area contributed by atoms with Gasteiger partial charge in [0.2, 0.25) is 5.95 Å². The topological polar surface area (TPSA) is 77.8 Å². The number of rotatable bonds is 7. The summed E-state index contributed by atoms with van der Waals surface area (Å²) in [4.78, 5) is 16.9. The summed E-state index contributed by atoms with van der Waals surface area (Å²) >= 11 is 12.3. The van der Waals surface area contributed by atoms with E-state index in [0.717, 1.165) is 6.20 Å². The number of anilines is 2. The molecule has 0 spiro atoms. The second-order valence-corrected chi connectivity index (χ2v) is 9.64. The van der Waals surface area contributed by atoms with Crippen molar-refractivity contribution in [2.24, 2.45) is 0 Å². The maximum absolute atomic E-state index is 14.9. The van der Waals surface area contributed by atoms with Crippen LogP contribution in [0.1, 0.15) is 31.4 Å². The highest BCUT2D eigenvalue weighted by Gasteiger charge is 2.18. The second-order valence-electron chi connectivity index (χ2n) is 8.85. The molecule has 0 amide bonds. The molecule has 3 heterocycles. The summed E-state index contributed by atoms with van der Waals surface area (Å²) < 4.78 is 37.4. The lowest BCUT2D eigenvalue weighted by atomic mass is 10.1. The normalized spacial score (nSPS) is 11.4. The van der Waals surface area contributed by atoms with Crippen LogP contribution < -0.4 is 10.1 Å². The van der Waals surface area contributed by atoms with E-state index in [4.69, 9.17) is 27.9 Å². The van der Waals surface area contributed by atoms with Crippen molar-refractivity contribution in [1.29, 1.82) is 0 Å². The lowest BCUT2D eigenvalue weighted by molar-refractivity contribution is 0.301. The summed E-state index contributed by atoms with van der Waals surface area (Å²) in [6.07, 6.45) is 1.04. The molecular formula is C27H22Cl2F2N6O. The molecule has 0 aliphatic carbocycles. The Labute approximate surface area is 227 Å². The van der Waals surface area contributed by atoms with E-state index in [2.05, 4.69) is 25.3 Å². The van der Waals surface area contributed by atoms with Crippen LogP contribution in [0, 0.1) is 18.6 Å². The van der Waals surface area contributed by atoms with Crippen LogP contribution in [-0.4, -0.2) is 24.5 Å². The fourth-order valence-electron chi connectivity index (χ4n) is 4.19. The predicted octanol–water partition coefficient (Wildman–Crippen LogP) is 7.69. The van der Waals surface area contributed by atoms with E-state index in [9.17, 15) is 8.78 Å². The first-order chi connectivity index (χ1) is 18.2. The van der Waals surface area contributed by atoms with Crippen molar-refractivity contribution in [3.05, 3.63) is 88.1 Å². The highest BCUT2D eigenvalue weighted by Crippen LogP contribution is 2.32. The lowest BCUT2D eigenvalue weighted by Gasteiger charge is -2.13. The Morgan fingerprint density at radius 1 is 1.00 bits per heavy atom. The molecule has 0 saturated heterocycles. The number of fused-ring (bicyclic) bond motifs is 1. The number of halogens is 4. The zero-order valence-corrected chi connectivity index (χ0v) is 22.1. The van der Waals surface area contributed by atoms with Crippen LogP contribution in [-0.2, 0) is 6.61 Å². The van der Waals surface area contributed by atoms with Gasteiger partial charge in [0, 0.05) is 17.3 Å². The van der Waals surface area contributed by atoms with Crippen LogP contribution in [0.5, 0.6) is 5.75 Å². The molecule has 0 bridgehead atoms. The van der Waals surface area contributed by atoms with E-state index < -0.39 is 11.6 Å². The maximum Gasteiger partial charge on any atom is 0.227 e. The zero-order chi connectivity index (χ0) is 27.0. The molecule has 2 aromatic carbocycles. The molecule has 0 radical (unpaired) electrons. The minimum atomic E-state index is -0.682. The first-order valence-corrected chi connectivity index (χ1v) is 12.5. The minimum absolute atomic E-state index is 0.0422. The van der Waals surface area contributed by atoms with Crippen molar-refractivity contribution < 1.29 is 13.5 Å². The third-order valence-electron chi connectivity index (χ3n) is 5.80. The van der Waals surface area contributed by atoms with Crippen molar-refractivity contribution >= 4 is 45.9 Å². The van der Waals surface area contributed by atoms with Crippen LogP contribution >= 0.6 is 23.2 Å². The largest absolute Gasteiger partial charge is 0.486 e. The number of nitrogens with zero attached hydrogens (tertiary/aromatic N) is 5. The van der Waals surface area contributed by atoms with E-state index in [-0.39, 0.29) is 35.4 Å². The SMILES string of the molecule is Cc1nc2c(F)cc(-c3nc(Nc4ccc(OCc5cccc(Cl)n5)c(Cl)c4)ncc3F)cc2n1C(C)C. The second kappa shape index (κ2) is 10.5. The fourth-order valence-corrected chi connectivity index (χ4v) is 4.61. The van der Waals surface area contributed by atoms with Gasteiger partial charge in [-0.3, -0.25) is 0 Å². The Balaban J connectivity index is 1.40. The minimum Gasteiger partial charge on any atom is -0.486 e. The molecule has 38 heavy (non-hydrogen) atoms. The Morgan fingerprint density at radius 2 is 1.82 bits per heavy atom. The summed E-state index contributed by atoms with van der Waals surface area (Å²) in [6, 6.07) is 13.2. The molecule has 194 valence electrons. The number of aromatic nitrogens is 5. The molecule has 0 unspecified atom stereocenters. The monoisotopic (exact) mass is 554 g/mol. The van der Waals surface area contributed by atoms with Gasteiger partial charge in [-0.05, 0) is 63.2 Å². The Hall–Kier alpha value is -3.82. The van der Waals surface area contributed by atoms with Gasteiger partial charge in [-0.2, -0.15) is 0 Å². The van der Waals surface area contributed by atoms with Crippen molar-refractivity contribution in [3.63, 3.8) is 0 Å². The smallest absolute Gasteiger partial charge is 0.227 e. The van der Waals surface area contributed by atoms with Gasteiger partial charge in [0.05, 0.1) is 22.4 Å². The van der Waals surface area contributed by atoms with Gasteiger partial charge in [-0.1, -0.05) is 29.3 Å². The van der Waals surface area contributed by atoms with Crippen LogP contribution in [0.2, 0.25) is 10.2 Å². The highest BCUT2D eigenvalue weighted by molar-refractivity contribution is 6.32. The average Bonchev–Trinajstić information content (AvgIpc) is 3.21. The summed E-state index contributed by atoms with van der Waals surface area (Å²) in [6.45, 7) is 5.94. The average molecular weight is 555 g/mol. The summed E-state index contributed by atoms with van der Waals surface area (Å²) in [5.41, 5.74) is 2.24. The summed E-state index contributed by atoms with van der Waals surface area (Å²) in [5, 5.41) is 3.72. The number of hydrogen-bond acceptors (Lipinski definition) is 6. The number of benzene rings is 2. The standard InChI is InChI=1S/C27H22Cl2F2N6O/c1-14(2)37-15(3)33-26-20(30)9-16(10-22(26)37)25-21(31)12-32-27(36-25)35-17-7-8-23(19(28)11-17)38-13-18-5-4-6-24(29)34-18/h4-12,14H,13H2,1-3H3,(H,32,35,36). The van der Waals surface area contributed by atoms with E-state index >= 15 is 0 Å². The molecule has 0 atom stereocenters. The van der Waals surface area contributed by atoms with Crippen LogP contribution in [0.25, 0.3) is 22.3 Å². The number of pyridine rings is 1. The van der Waals surface area contributed by atoms with Crippen molar-refractivity contribution in [1.82, 2.24) is 24.5 Å². The molecule has 1 N–H and O–H groups in total. The van der Waals surface area contributed by atoms with Crippen molar-refractivity contribution in [3.8, 4) is 17.0 Å². The maximum atomic E-state index is 14.9. The molecule has 0 fully saturated rings. The molecule has 11 heteroatoms. The van der Waals surface area contributed by atoms with Crippen LogP contribution in [0.3, 0.4) is 0 Å². The van der Waals surface area contributed by atoms with Gasteiger partial charge in [0.1, 0.15) is 34.5 Å². The van der Waals surface area contributed by atoms with Crippen LogP contribution in [0.4, 0.5) is 20.4 Å². The lowest BCUT2D eigenvalue weighted by Crippen LogP contribution is -2.04. The van der Waals surface area contributed by atoms with Crippen LogP contribution in [0.15, 0.2) is 54.7 Å². The quantitative estimate of drug-likeness (QED) is 0.208. The Morgan fingerprint density at radius 3 is 2.55 bits per heavy atom. The molecule has 5 rings (SSSR count). The first kappa shape index (κ1) is 25.8. The molecule has 5 aromatic rings. The number of ether oxygens (including phenoxy) is 1. The number of hydrogen-bond donors (Lipinski definition) is 1. The molecule has 0 saturated carbocycles. The van der Waals surface area contributed by atoms with Gasteiger partial charge in [0.25, 0.3) is 0 Å². The van der Waals surface area contributed by atoms with Gasteiger partial charge in [-0.25, -0.2) is 28.7 Å². The molecule has 3 aromatic heterocycles. The van der Waals surface area contributed by atoms with Gasteiger partial charge >= 0.3 is 0 Å². The van der Waals surface area contributed by atoms with Gasteiger partial charge in [-0.15, -0.1) is 0 Å². The number of imidazole rings is 1. The highest BCUT2D eigenvalue weighted by atomic mass is 35.5. The van der Waals surface area contributed by atoms with E-state index in [0.29, 0.717) is 38.6 Å². The van der Waals surface area contributed by atoms with E-state index in [1.165, 1.54) is 6.07 Å². The first-order valence-electron chi connectivity index (χ1n) is 11.7. The van der Waals surface area contributed by atoms with Crippen molar-refractivity contribution in [2.75, 3.05) is 5.32 Å². The molecule has 7 nitrogen and oxygen atoms in total. The summed E-state index contributed by atoms with van der Waals surface area (Å²) in [7, 11) is 0. The Bertz CT molecular complexity index is 1660. The Kier molecular flexibility index (Phi) is 7.14. The number of nitrogens with one attached hydrogen (secondary N) is 1. The number of aryl methyl sites for hydroxylation is 1. The van der Waals surface area contributed by atoms with E-state index in [1.807, 2.05) is 25.3 Å². The predicted molar refractivity (Wildman–Crippen MR) is 144 cm³/mol. The molecule has 0 aliphatic heterocycles. The summed E-state index contributed by atoms with van der Waals surface area (Å²) in [5.74, 6) is -0.00513. The zero-order valence-electron chi connectivity index (χ0n) is 20.6. The third kappa shape index (κ3) is 5.25. The third-order valence-corrected chi connectivity index (χ3v) is 6.30.